The lowest BCUT2D eigenvalue weighted by Gasteiger charge is -2.08. The number of imidazole rings is 1. The molecule has 1 N–H and O–H groups in total. The van der Waals surface area contributed by atoms with Crippen LogP contribution < -0.4 is 0 Å². The van der Waals surface area contributed by atoms with Gasteiger partial charge >= 0.3 is 0 Å². The summed E-state index contributed by atoms with van der Waals surface area (Å²) in [5.41, 5.74) is 5.18. The molecule has 0 saturated heterocycles. The Labute approximate surface area is 200 Å². The molecule has 0 fully saturated rings. The molecule has 4 aromatic heterocycles. The molecule has 168 valence electrons. The second-order valence-corrected chi connectivity index (χ2v) is 8.94. The van der Waals surface area contributed by atoms with E-state index in [1.165, 1.54) is 0 Å². The molecular weight excluding hydrogens is 459 g/mol. The lowest BCUT2D eigenvalue weighted by Crippen LogP contribution is -2.18. The number of nitrogens with zero attached hydrogens (tertiary/aromatic N) is 6. The van der Waals surface area contributed by atoms with Gasteiger partial charge in [-0.15, -0.1) is 0 Å². The molecule has 0 radical (unpaired) electrons. The molecule has 4 heterocycles. The zero-order chi connectivity index (χ0) is 23.1. The molecule has 0 saturated carbocycles. The lowest BCUT2D eigenvalue weighted by molar-refractivity contribution is 0.276. The maximum Gasteiger partial charge on any atom is 0.147 e. The lowest BCUT2D eigenvalue weighted by atomic mass is 10.1. The number of rotatable bonds is 6. The second-order valence-electron chi connectivity index (χ2n) is 8.12. The summed E-state index contributed by atoms with van der Waals surface area (Å²) in [5, 5.41) is 16.5. The standard InChI is InChI=1S/C24H22Cl2N6O/c1-30(2)8-9-31-13-16(12-28-31)15-10-17-20(27-11-15)6-7-32-21(14-33)23(29-24(17)32)22-18(25)4-3-5-19(22)26/h3-7,10-13,33H,8-9,14H2,1-2H3. The van der Waals surface area contributed by atoms with Crippen LogP contribution in [0.2, 0.25) is 10.0 Å². The number of aromatic nitrogens is 5. The molecule has 1 aromatic carbocycles. The number of hydrogen-bond acceptors (Lipinski definition) is 5. The van der Waals surface area contributed by atoms with Gasteiger partial charge in [0, 0.05) is 47.2 Å². The molecular formula is C24H22Cl2N6O. The van der Waals surface area contributed by atoms with Gasteiger partial charge in [-0.1, -0.05) is 29.3 Å². The van der Waals surface area contributed by atoms with E-state index in [4.69, 9.17) is 28.2 Å². The average Bonchev–Trinajstić information content (AvgIpc) is 3.42. The number of halogens is 2. The third-order valence-corrected chi connectivity index (χ3v) is 6.27. The third-order valence-electron chi connectivity index (χ3n) is 5.64. The van der Waals surface area contributed by atoms with E-state index in [0.717, 1.165) is 35.1 Å². The molecule has 9 heteroatoms. The van der Waals surface area contributed by atoms with Crippen LogP contribution in [0, 0.1) is 0 Å². The quantitative estimate of drug-likeness (QED) is 0.378. The number of aliphatic hydroxyl groups excluding tert-OH is 1. The average molecular weight is 481 g/mol. The SMILES string of the molecule is CN(C)CCn1cc(-c2cnc3ccn4c(CO)c(-c5c(Cl)cccc5Cl)nc4c3c2)cn1. The van der Waals surface area contributed by atoms with E-state index < -0.39 is 0 Å². The summed E-state index contributed by atoms with van der Waals surface area (Å²) >= 11 is 12.9. The number of hydrogen-bond donors (Lipinski definition) is 1. The summed E-state index contributed by atoms with van der Waals surface area (Å²) in [7, 11) is 4.08. The predicted octanol–water partition coefficient (Wildman–Crippen LogP) is 4.77. The first-order valence-corrected chi connectivity index (χ1v) is 11.2. The van der Waals surface area contributed by atoms with Crippen molar-refractivity contribution in [2.75, 3.05) is 20.6 Å². The van der Waals surface area contributed by atoms with Crippen molar-refractivity contribution in [1.29, 1.82) is 0 Å². The Morgan fingerprint density at radius 3 is 2.58 bits per heavy atom. The van der Waals surface area contributed by atoms with Crippen molar-refractivity contribution >= 4 is 39.8 Å². The van der Waals surface area contributed by atoms with Crippen molar-refractivity contribution in [3.05, 3.63) is 70.9 Å². The number of pyridine rings is 2. The van der Waals surface area contributed by atoms with Gasteiger partial charge in [-0.05, 0) is 38.4 Å². The first-order chi connectivity index (χ1) is 16.0. The van der Waals surface area contributed by atoms with Gasteiger partial charge in [0.1, 0.15) is 5.65 Å². The van der Waals surface area contributed by atoms with Crippen LogP contribution in [0.5, 0.6) is 0 Å². The van der Waals surface area contributed by atoms with Gasteiger partial charge in [0.15, 0.2) is 0 Å². The third kappa shape index (κ3) is 3.98. The van der Waals surface area contributed by atoms with Gasteiger partial charge in [0.2, 0.25) is 0 Å². The molecule has 5 aromatic rings. The molecule has 0 aliphatic carbocycles. The van der Waals surface area contributed by atoms with E-state index in [1.54, 1.807) is 18.2 Å². The normalized spacial score (nSPS) is 11.8. The van der Waals surface area contributed by atoms with Crippen molar-refractivity contribution in [3.8, 4) is 22.4 Å². The summed E-state index contributed by atoms with van der Waals surface area (Å²) in [5.74, 6) is 0. The first kappa shape index (κ1) is 21.9. The zero-order valence-electron chi connectivity index (χ0n) is 18.2. The van der Waals surface area contributed by atoms with Crippen LogP contribution in [0.3, 0.4) is 0 Å². The molecule has 0 aliphatic heterocycles. The maximum absolute atomic E-state index is 10.2. The fourth-order valence-corrected chi connectivity index (χ4v) is 4.50. The zero-order valence-corrected chi connectivity index (χ0v) is 19.7. The van der Waals surface area contributed by atoms with E-state index in [-0.39, 0.29) is 6.61 Å². The van der Waals surface area contributed by atoms with E-state index in [9.17, 15) is 5.11 Å². The largest absolute Gasteiger partial charge is 0.390 e. The number of likely N-dealkylation sites (N-methyl/N-ethyl adjacent to an activating group) is 1. The van der Waals surface area contributed by atoms with Crippen molar-refractivity contribution in [2.24, 2.45) is 0 Å². The Bertz CT molecular complexity index is 1450. The Kier molecular flexibility index (Phi) is 5.80. The number of fused-ring (bicyclic) bond motifs is 3. The molecule has 5 rings (SSSR count). The fraction of sp³-hybridized carbons (Fsp3) is 0.208. The fourth-order valence-electron chi connectivity index (χ4n) is 3.92. The second kappa shape index (κ2) is 8.76. The van der Waals surface area contributed by atoms with Crippen LogP contribution in [0.15, 0.2) is 55.1 Å². The highest BCUT2D eigenvalue weighted by Crippen LogP contribution is 2.37. The first-order valence-electron chi connectivity index (χ1n) is 10.5. The molecule has 7 nitrogen and oxygen atoms in total. The number of benzene rings is 1. The Morgan fingerprint density at radius 1 is 1.06 bits per heavy atom. The van der Waals surface area contributed by atoms with Gasteiger partial charge in [0.05, 0.1) is 46.3 Å². The van der Waals surface area contributed by atoms with E-state index in [2.05, 4.69) is 21.0 Å². The topological polar surface area (TPSA) is 71.5 Å². The summed E-state index contributed by atoms with van der Waals surface area (Å²) in [6, 6.07) is 9.27. The molecule has 0 spiro atoms. The highest BCUT2D eigenvalue weighted by atomic mass is 35.5. The van der Waals surface area contributed by atoms with Crippen molar-refractivity contribution in [3.63, 3.8) is 0 Å². The minimum absolute atomic E-state index is 0.213. The van der Waals surface area contributed by atoms with E-state index >= 15 is 0 Å². The molecule has 0 bridgehead atoms. The van der Waals surface area contributed by atoms with Crippen LogP contribution >= 0.6 is 23.2 Å². The van der Waals surface area contributed by atoms with Gasteiger partial charge in [-0.2, -0.15) is 5.10 Å². The van der Waals surface area contributed by atoms with Crippen molar-refractivity contribution in [1.82, 2.24) is 29.0 Å². The van der Waals surface area contributed by atoms with Gasteiger partial charge in [0.25, 0.3) is 0 Å². The van der Waals surface area contributed by atoms with Crippen LogP contribution in [-0.4, -0.2) is 54.8 Å². The van der Waals surface area contributed by atoms with Crippen molar-refractivity contribution < 1.29 is 5.11 Å². The smallest absolute Gasteiger partial charge is 0.147 e. The van der Waals surface area contributed by atoms with Gasteiger partial charge in [-0.25, -0.2) is 4.98 Å². The van der Waals surface area contributed by atoms with E-state index in [1.807, 2.05) is 54.0 Å². The monoisotopic (exact) mass is 480 g/mol. The Hall–Kier alpha value is -2.97. The molecule has 0 aliphatic rings. The van der Waals surface area contributed by atoms with Crippen LogP contribution in [0.1, 0.15) is 5.69 Å². The Morgan fingerprint density at radius 2 is 1.85 bits per heavy atom. The molecule has 33 heavy (non-hydrogen) atoms. The molecule has 0 unspecified atom stereocenters. The summed E-state index contributed by atoms with van der Waals surface area (Å²) in [6.45, 7) is 1.50. The van der Waals surface area contributed by atoms with Crippen LogP contribution in [0.4, 0.5) is 0 Å². The summed E-state index contributed by atoms with van der Waals surface area (Å²) in [4.78, 5) is 11.6. The summed E-state index contributed by atoms with van der Waals surface area (Å²) in [6.07, 6.45) is 7.56. The van der Waals surface area contributed by atoms with E-state index in [0.29, 0.717) is 32.6 Å². The highest BCUT2D eigenvalue weighted by molar-refractivity contribution is 6.39. The number of aliphatic hydroxyl groups is 1. The minimum atomic E-state index is -0.213. The predicted molar refractivity (Wildman–Crippen MR) is 132 cm³/mol. The maximum atomic E-state index is 10.2. The van der Waals surface area contributed by atoms with Crippen molar-refractivity contribution in [2.45, 2.75) is 13.2 Å². The molecule has 0 amide bonds. The minimum Gasteiger partial charge on any atom is -0.390 e. The van der Waals surface area contributed by atoms with Crippen LogP contribution in [0.25, 0.3) is 38.9 Å². The molecule has 0 atom stereocenters. The van der Waals surface area contributed by atoms with Gasteiger partial charge in [-0.3, -0.25) is 9.67 Å². The van der Waals surface area contributed by atoms with Crippen LogP contribution in [-0.2, 0) is 13.2 Å². The van der Waals surface area contributed by atoms with Gasteiger partial charge < -0.3 is 14.4 Å². The summed E-state index contributed by atoms with van der Waals surface area (Å²) < 4.78 is 3.79. The highest BCUT2D eigenvalue weighted by Gasteiger charge is 2.20. The Balaban J connectivity index is 1.66.